The molecule has 0 spiro atoms. The van der Waals surface area contributed by atoms with E-state index in [9.17, 15) is 84.3 Å². The Balaban J connectivity index is 0.00000639. The average Bonchev–Trinajstić information content (AvgIpc) is 3.65. The van der Waals surface area contributed by atoms with Gasteiger partial charge in [0.25, 0.3) is 0 Å². The van der Waals surface area contributed by atoms with E-state index in [1.807, 2.05) is 0 Å². The molecule has 88 heavy (non-hydrogen) atoms. The number of Topliss-reactive ketones (excluding diaryl/α,β-unsaturated/α-hetero) is 4. The SMILES string of the molecule is CC(C)C.COCCCC(=O)CCCC(=O)CCC(C(=O)NCC(=O)NCCCO[C@@H]1CC(CO)[C@H](O)[C@H](O)C1C)N(CC(=O)CCC(=O)NCCCO[C@@H]1CC(CO)[C@H](O)[C@H](O)C1C)CC(=O)CCC(=O)NCCCO[C@@H]1CC(CO)[C@H](O)[C@H](O)C1C. The fraction of sp³-hybridized carbons (Fsp3) is 0.871. The molecule has 0 aromatic carbocycles. The third kappa shape index (κ3) is 30.4. The highest BCUT2D eigenvalue weighted by Crippen LogP contribution is 2.34. The zero-order chi connectivity index (χ0) is 65.9. The fourth-order valence-corrected chi connectivity index (χ4v) is 11.0. The lowest BCUT2D eigenvalue weighted by molar-refractivity contribution is -0.144. The van der Waals surface area contributed by atoms with E-state index in [1.54, 1.807) is 20.8 Å². The molecule has 4 amide bonds. The van der Waals surface area contributed by atoms with E-state index in [4.69, 9.17) is 18.9 Å². The summed E-state index contributed by atoms with van der Waals surface area (Å²) in [5, 5.41) is 102. The highest BCUT2D eigenvalue weighted by molar-refractivity contribution is 5.92. The monoisotopic (exact) mass is 1260 g/mol. The lowest BCUT2D eigenvalue weighted by Crippen LogP contribution is -2.52. The summed E-state index contributed by atoms with van der Waals surface area (Å²) in [4.78, 5) is 108. The molecule has 0 heterocycles. The maximum absolute atomic E-state index is 14.2. The van der Waals surface area contributed by atoms with Gasteiger partial charge in [-0.2, -0.15) is 0 Å². The number of carbonyl (C=O) groups excluding carboxylic acids is 8. The number of aliphatic hydroxyl groups is 9. The van der Waals surface area contributed by atoms with Crippen LogP contribution >= 0.6 is 0 Å². The van der Waals surface area contributed by atoms with Crippen LogP contribution in [0.2, 0.25) is 0 Å². The molecule has 3 saturated carbocycles. The largest absolute Gasteiger partial charge is 0.396 e. The lowest BCUT2D eigenvalue weighted by Gasteiger charge is -2.40. The van der Waals surface area contributed by atoms with Crippen molar-refractivity contribution >= 4 is 46.8 Å². The van der Waals surface area contributed by atoms with Crippen molar-refractivity contribution in [3.8, 4) is 0 Å². The van der Waals surface area contributed by atoms with Crippen LogP contribution < -0.4 is 21.3 Å². The summed E-state index contributed by atoms with van der Waals surface area (Å²) in [5.41, 5.74) is 0. The Morgan fingerprint density at radius 3 is 1.16 bits per heavy atom. The van der Waals surface area contributed by atoms with Crippen molar-refractivity contribution in [3.63, 3.8) is 0 Å². The summed E-state index contributed by atoms with van der Waals surface area (Å²) >= 11 is 0. The van der Waals surface area contributed by atoms with Crippen molar-refractivity contribution in [1.82, 2.24) is 26.2 Å². The predicted octanol–water partition coefficient (Wildman–Crippen LogP) is -0.566. The molecular formula is C62H111N5O21. The van der Waals surface area contributed by atoms with Crippen LogP contribution in [0.25, 0.3) is 0 Å². The number of nitrogens with one attached hydrogen (secondary N) is 4. The van der Waals surface area contributed by atoms with Gasteiger partial charge in [0.15, 0.2) is 0 Å². The number of hydrogen-bond acceptors (Lipinski definition) is 22. The highest BCUT2D eigenvalue weighted by Gasteiger charge is 2.44. The minimum absolute atomic E-state index is 0.00923. The number of methoxy groups -OCH3 is 1. The molecule has 7 unspecified atom stereocenters. The Kier molecular flexibility index (Phi) is 40.5. The number of ether oxygens (including phenoxy) is 4. The molecular weight excluding hydrogens is 1150 g/mol. The van der Waals surface area contributed by atoms with Gasteiger partial charge < -0.3 is 86.2 Å². The van der Waals surface area contributed by atoms with Crippen molar-refractivity contribution in [3.05, 3.63) is 0 Å². The molecule has 26 heteroatoms. The first kappa shape index (κ1) is 80.1. The number of ketones is 4. The van der Waals surface area contributed by atoms with Gasteiger partial charge in [-0.25, -0.2) is 0 Å². The van der Waals surface area contributed by atoms with Crippen molar-refractivity contribution < 1.29 is 103 Å². The molecule has 0 aromatic rings. The maximum Gasteiger partial charge on any atom is 0.239 e. The molecule has 3 fully saturated rings. The van der Waals surface area contributed by atoms with E-state index in [1.165, 1.54) is 12.0 Å². The van der Waals surface area contributed by atoms with Gasteiger partial charge in [-0.15, -0.1) is 0 Å². The molecule has 13 N–H and O–H groups in total. The smallest absolute Gasteiger partial charge is 0.239 e. The van der Waals surface area contributed by atoms with Crippen LogP contribution in [0.3, 0.4) is 0 Å². The number of amides is 4. The van der Waals surface area contributed by atoms with Crippen molar-refractivity contribution in [1.29, 1.82) is 0 Å². The van der Waals surface area contributed by atoms with Gasteiger partial charge in [0.1, 0.15) is 23.1 Å². The molecule has 510 valence electrons. The summed E-state index contributed by atoms with van der Waals surface area (Å²) in [6, 6.07) is -1.34. The summed E-state index contributed by atoms with van der Waals surface area (Å²) in [7, 11) is 1.53. The maximum atomic E-state index is 14.2. The Hall–Kier alpha value is -4.00. The summed E-state index contributed by atoms with van der Waals surface area (Å²) < 4.78 is 22.8. The normalized spacial score (nSPS) is 27.4. The number of nitrogens with zero attached hydrogens (tertiary/aromatic N) is 1. The summed E-state index contributed by atoms with van der Waals surface area (Å²) in [5.74, 6) is -5.75. The molecule has 3 aliphatic rings. The van der Waals surface area contributed by atoms with Gasteiger partial charge in [-0.3, -0.25) is 43.3 Å². The zero-order valence-corrected chi connectivity index (χ0v) is 53.4. The molecule has 0 bridgehead atoms. The first-order valence-corrected chi connectivity index (χ1v) is 31.9. The Bertz CT molecular complexity index is 1970. The van der Waals surface area contributed by atoms with Crippen LogP contribution in [0.5, 0.6) is 0 Å². The Morgan fingerprint density at radius 1 is 0.443 bits per heavy atom. The molecule has 0 saturated heterocycles. The van der Waals surface area contributed by atoms with Gasteiger partial charge in [-0.1, -0.05) is 41.5 Å². The predicted molar refractivity (Wildman–Crippen MR) is 323 cm³/mol. The van der Waals surface area contributed by atoms with Gasteiger partial charge >= 0.3 is 0 Å². The van der Waals surface area contributed by atoms with Crippen molar-refractivity contribution in [2.24, 2.45) is 41.4 Å². The summed E-state index contributed by atoms with van der Waals surface area (Å²) in [6.07, 6.45) is -6.00. The second kappa shape index (κ2) is 44.5. The number of carbonyl (C=O) groups is 8. The number of hydrogen-bond donors (Lipinski definition) is 13. The van der Waals surface area contributed by atoms with Crippen LogP contribution in [0, 0.1) is 41.4 Å². The Morgan fingerprint density at radius 2 is 0.795 bits per heavy atom. The van der Waals surface area contributed by atoms with Crippen molar-refractivity contribution in [2.45, 2.75) is 212 Å². The number of aliphatic hydroxyl groups excluding tert-OH is 9. The molecule has 0 aromatic heterocycles. The van der Waals surface area contributed by atoms with Gasteiger partial charge in [0, 0.05) is 160 Å². The summed E-state index contributed by atoms with van der Waals surface area (Å²) in [6.45, 7) is 10.6. The van der Waals surface area contributed by atoms with Crippen LogP contribution in [0.4, 0.5) is 0 Å². The minimum atomic E-state index is -1.34. The van der Waals surface area contributed by atoms with Crippen LogP contribution in [0.15, 0.2) is 0 Å². The first-order chi connectivity index (χ1) is 41.8. The highest BCUT2D eigenvalue weighted by atomic mass is 16.5. The molecule has 3 aliphatic carbocycles. The molecule has 26 nitrogen and oxygen atoms in total. The van der Waals surface area contributed by atoms with Crippen LogP contribution in [0.1, 0.15) is 151 Å². The van der Waals surface area contributed by atoms with E-state index < -0.39 is 151 Å². The first-order valence-electron chi connectivity index (χ1n) is 31.9. The topological polar surface area (TPSA) is 407 Å². The lowest BCUT2D eigenvalue weighted by atomic mass is 9.77. The van der Waals surface area contributed by atoms with E-state index >= 15 is 0 Å². The molecule has 0 aliphatic heterocycles. The zero-order valence-electron chi connectivity index (χ0n) is 53.4. The van der Waals surface area contributed by atoms with Crippen LogP contribution in [-0.2, 0) is 57.3 Å². The van der Waals surface area contributed by atoms with Gasteiger partial charge in [-0.05, 0) is 63.7 Å². The van der Waals surface area contributed by atoms with E-state index in [0.717, 1.165) is 5.92 Å². The van der Waals surface area contributed by atoms with E-state index in [2.05, 4.69) is 42.0 Å². The Labute approximate surface area is 520 Å². The van der Waals surface area contributed by atoms with Crippen molar-refractivity contribution in [2.75, 3.05) is 92.6 Å². The van der Waals surface area contributed by atoms with Gasteiger partial charge in [0.05, 0.1) is 80.6 Å². The number of rotatable bonds is 43. The third-order valence-electron chi connectivity index (χ3n) is 16.7. The standard InChI is InChI=1S/C58H101N5O21.C4H10/c1-35-46(26-38(32-64)55(77)52(35)74)82-23-7-19-59-49(71)17-14-43(69)30-63(31-44(70)15-18-50(72)60-20-8-24-83-47-27-39(33-65)56(78)53(75)36(47)2)45(16-13-42(68)11-5-10-41(67)12-6-22-81-4)58(80)62-29-51(73)61-21-9-25-84-48-28-40(34-66)57(79)54(76)37(48)3;1-4(2)3/h35-40,45-48,52-57,64-66,74-79H,5-34H2,1-4H3,(H,59,71)(H,60,72)(H,61,73)(H,62,80);4H,1-3H3/t35?,36?,37?,38?,39?,40?,45?,46-,47-,48-,52-,53-,54-,55+,56+,57+;/m1./s1. The molecule has 16 atom stereocenters. The molecule has 0 radical (unpaired) electrons. The second-order valence-corrected chi connectivity index (χ2v) is 24.9. The molecule has 3 rings (SSSR count). The minimum Gasteiger partial charge on any atom is -0.396 e. The quantitative estimate of drug-likeness (QED) is 0.0340. The van der Waals surface area contributed by atoms with Gasteiger partial charge in [0.2, 0.25) is 23.6 Å². The third-order valence-corrected chi connectivity index (χ3v) is 16.7. The van der Waals surface area contributed by atoms with E-state index in [0.29, 0.717) is 51.6 Å². The van der Waals surface area contributed by atoms with E-state index in [-0.39, 0.29) is 135 Å². The van der Waals surface area contributed by atoms with Crippen LogP contribution in [-0.4, -0.2) is 251 Å². The fourth-order valence-electron chi connectivity index (χ4n) is 11.0. The second-order valence-electron chi connectivity index (χ2n) is 24.9. The average molecular weight is 1260 g/mol.